The molecule has 106 valence electrons. The molecular weight excluding hydrogens is 248 g/mol. The average molecular weight is 270 g/mol. The molecule has 0 bridgehead atoms. The molecule has 2 aromatic rings. The van der Waals surface area contributed by atoms with Crippen LogP contribution in [0, 0.1) is 0 Å². The zero-order chi connectivity index (χ0) is 13.9. The quantitative estimate of drug-likeness (QED) is 0.782. The van der Waals surface area contributed by atoms with Gasteiger partial charge in [0.1, 0.15) is 11.3 Å². The summed E-state index contributed by atoms with van der Waals surface area (Å²) in [5, 5.41) is 4.48. The Bertz CT molecular complexity index is 598. The maximum Gasteiger partial charge on any atom is 0.134 e. The number of fused-ring (bicyclic) bond motifs is 1. The summed E-state index contributed by atoms with van der Waals surface area (Å²) in [6, 6.07) is 9.00. The molecule has 3 nitrogen and oxygen atoms in total. The Labute approximate surface area is 120 Å². The Balaban J connectivity index is 1.92. The van der Waals surface area contributed by atoms with Crippen LogP contribution < -0.4 is 5.32 Å². The SMILES string of the molecule is C=CCN(Cc1oc2ccccc2c1CNC)C1CC1. The van der Waals surface area contributed by atoms with Gasteiger partial charge >= 0.3 is 0 Å². The number of nitrogens with zero attached hydrogens (tertiary/aromatic N) is 1. The Kier molecular flexibility index (Phi) is 3.90. The molecule has 3 rings (SSSR count). The fourth-order valence-corrected chi connectivity index (χ4v) is 2.78. The zero-order valence-corrected chi connectivity index (χ0v) is 12.1. The van der Waals surface area contributed by atoms with Crippen LogP contribution in [-0.4, -0.2) is 24.5 Å². The summed E-state index contributed by atoms with van der Waals surface area (Å²) in [5.41, 5.74) is 2.28. The van der Waals surface area contributed by atoms with Crippen LogP contribution in [0.4, 0.5) is 0 Å². The van der Waals surface area contributed by atoms with E-state index in [4.69, 9.17) is 4.42 Å². The highest BCUT2D eigenvalue weighted by Crippen LogP contribution is 2.31. The van der Waals surface area contributed by atoms with Gasteiger partial charge in [0.2, 0.25) is 0 Å². The molecule has 20 heavy (non-hydrogen) atoms. The predicted molar refractivity (Wildman–Crippen MR) is 82.6 cm³/mol. The summed E-state index contributed by atoms with van der Waals surface area (Å²) in [6.45, 7) is 6.52. The molecule has 1 fully saturated rings. The van der Waals surface area contributed by atoms with Crippen LogP contribution >= 0.6 is 0 Å². The van der Waals surface area contributed by atoms with Crippen LogP contribution in [0.3, 0.4) is 0 Å². The molecule has 0 aliphatic heterocycles. The van der Waals surface area contributed by atoms with E-state index in [1.165, 1.54) is 23.8 Å². The number of hydrogen-bond acceptors (Lipinski definition) is 3. The second-order valence-electron chi connectivity index (χ2n) is 5.48. The highest BCUT2D eigenvalue weighted by molar-refractivity contribution is 5.82. The maximum atomic E-state index is 6.09. The molecule has 1 aliphatic carbocycles. The molecule has 1 aliphatic rings. The fourth-order valence-electron chi connectivity index (χ4n) is 2.78. The van der Waals surface area contributed by atoms with Gasteiger partial charge in [0.15, 0.2) is 0 Å². The summed E-state index contributed by atoms with van der Waals surface area (Å²) < 4.78 is 6.09. The third-order valence-corrected chi connectivity index (χ3v) is 3.91. The van der Waals surface area contributed by atoms with Crippen LogP contribution in [-0.2, 0) is 13.1 Å². The van der Waals surface area contributed by atoms with Crippen molar-refractivity contribution in [1.82, 2.24) is 10.2 Å². The first-order valence-electron chi connectivity index (χ1n) is 7.32. The lowest BCUT2D eigenvalue weighted by Crippen LogP contribution is -2.26. The minimum atomic E-state index is 0.712. The van der Waals surface area contributed by atoms with E-state index in [0.717, 1.165) is 31.0 Å². The van der Waals surface area contributed by atoms with E-state index < -0.39 is 0 Å². The topological polar surface area (TPSA) is 28.4 Å². The van der Waals surface area contributed by atoms with Gasteiger partial charge in [-0.2, -0.15) is 0 Å². The number of furan rings is 1. The molecule has 1 saturated carbocycles. The van der Waals surface area contributed by atoms with Crippen molar-refractivity contribution in [2.45, 2.75) is 32.0 Å². The third-order valence-electron chi connectivity index (χ3n) is 3.91. The van der Waals surface area contributed by atoms with Crippen molar-refractivity contribution < 1.29 is 4.42 Å². The van der Waals surface area contributed by atoms with Crippen molar-refractivity contribution in [3.63, 3.8) is 0 Å². The molecule has 1 N–H and O–H groups in total. The Morgan fingerprint density at radius 2 is 2.20 bits per heavy atom. The first-order valence-corrected chi connectivity index (χ1v) is 7.32. The second-order valence-corrected chi connectivity index (χ2v) is 5.48. The Hall–Kier alpha value is -1.58. The fraction of sp³-hybridized carbons (Fsp3) is 0.412. The van der Waals surface area contributed by atoms with Crippen molar-refractivity contribution in [3.05, 3.63) is 48.2 Å². The normalized spacial score (nSPS) is 15.1. The summed E-state index contributed by atoms with van der Waals surface area (Å²) in [4.78, 5) is 2.46. The minimum Gasteiger partial charge on any atom is -0.459 e. The van der Waals surface area contributed by atoms with Crippen molar-refractivity contribution in [1.29, 1.82) is 0 Å². The molecule has 1 heterocycles. The van der Waals surface area contributed by atoms with Crippen LogP contribution in [0.25, 0.3) is 11.0 Å². The lowest BCUT2D eigenvalue weighted by atomic mass is 10.1. The van der Waals surface area contributed by atoms with Crippen LogP contribution in [0.5, 0.6) is 0 Å². The van der Waals surface area contributed by atoms with Crippen LogP contribution in [0.2, 0.25) is 0 Å². The zero-order valence-electron chi connectivity index (χ0n) is 12.1. The predicted octanol–water partition coefficient (Wildman–Crippen LogP) is 3.30. The maximum absolute atomic E-state index is 6.09. The summed E-state index contributed by atoms with van der Waals surface area (Å²) in [6.07, 6.45) is 4.59. The van der Waals surface area contributed by atoms with Crippen LogP contribution in [0.1, 0.15) is 24.2 Å². The monoisotopic (exact) mass is 270 g/mol. The standard InChI is InChI=1S/C17H22N2O/c1-3-10-19(13-8-9-13)12-17-15(11-18-2)14-6-4-5-7-16(14)20-17/h3-7,13,18H,1,8-12H2,2H3. The number of nitrogens with one attached hydrogen (secondary N) is 1. The smallest absolute Gasteiger partial charge is 0.134 e. The van der Waals surface area contributed by atoms with Gasteiger partial charge in [0.05, 0.1) is 6.54 Å². The van der Waals surface area contributed by atoms with Gasteiger partial charge in [-0.3, -0.25) is 4.90 Å². The molecule has 0 spiro atoms. The minimum absolute atomic E-state index is 0.712. The highest BCUT2D eigenvalue weighted by atomic mass is 16.3. The van der Waals surface area contributed by atoms with Gasteiger partial charge in [-0.15, -0.1) is 6.58 Å². The molecule has 0 radical (unpaired) electrons. The van der Waals surface area contributed by atoms with E-state index in [1.54, 1.807) is 0 Å². The number of benzene rings is 1. The van der Waals surface area contributed by atoms with Crippen molar-refractivity contribution >= 4 is 11.0 Å². The van der Waals surface area contributed by atoms with E-state index in [0.29, 0.717) is 6.04 Å². The van der Waals surface area contributed by atoms with Gasteiger partial charge in [0, 0.05) is 30.1 Å². The molecule has 3 heteroatoms. The summed E-state index contributed by atoms with van der Waals surface area (Å²) in [7, 11) is 1.98. The highest BCUT2D eigenvalue weighted by Gasteiger charge is 2.29. The number of rotatable bonds is 7. The molecule has 0 saturated heterocycles. The second kappa shape index (κ2) is 5.81. The van der Waals surface area contributed by atoms with Gasteiger partial charge in [-0.1, -0.05) is 24.3 Å². The average Bonchev–Trinajstić information content (AvgIpc) is 3.24. The van der Waals surface area contributed by atoms with Crippen LogP contribution in [0.15, 0.2) is 41.3 Å². The van der Waals surface area contributed by atoms with Crippen molar-refractivity contribution in [3.8, 4) is 0 Å². The lowest BCUT2D eigenvalue weighted by Gasteiger charge is -2.19. The largest absolute Gasteiger partial charge is 0.459 e. The van der Waals surface area contributed by atoms with E-state index in [-0.39, 0.29) is 0 Å². The van der Waals surface area contributed by atoms with Gasteiger partial charge < -0.3 is 9.73 Å². The molecule has 0 amide bonds. The summed E-state index contributed by atoms with van der Waals surface area (Å²) >= 11 is 0. The molecule has 0 unspecified atom stereocenters. The van der Waals surface area contributed by atoms with Gasteiger partial charge in [-0.25, -0.2) is 0 Å². The Morgan fingerprint density at radius 1 is 1.40 bits per heavy atom. The first kappa shape index (κ1) is 13.4. The molecule has 1 aromatic carbocycles. The van der Waals surface area contributed by atoms with E-state index in [1.807, 2.05) is 25.3 Å². The Morgan fingerprint density at radius 3 is 2.90 bits per heavy atom. The van der Waals surface area contributed by atoms with E-state index in [9.17, 15) is 0 Å². The lowest BCUT2D eigenvalue weighted by molar-refractivity contribution is 0.260. The molecule has 0 atom stereocenters. The summed E-state index contributed by atoms with van der Waals surface area (Å²) in [5.74, 6) is 1.09. The third kappa shape index (κ3) is 2.65. The number of hydrogen-bond donors (Lipinski definition) is 1. The molecular formula is C17H22N2O. The van der Waals surface area contributed by atoms with E-state index >= 15 is 0 Å². The van der Waals surface area contributed by atoms with Crippen molar-refractivity contribution in [2.24, 2.45) is 0 Å². The number of para-hydroxylation sites is 1. The van der Waals surface area contributed by atoms with Gasteiger partial charge in [-0.05, 0) is 26.0 Å². The van der Waals surface area contributed by atoms with E-state index in [2.05, 4.69) is 28.9 Å². The molecule has 1 aromatic heterocycles. The first-order chi connectivity index (χ1) is 9.83. The van der Waals surface area contributed by atoms with Gasteiger partial charge in [0.25, 0.3) is 0 Å². The van der Waals surface area contributed by atoms with Crippen molar-refractivity contribution in [2.75, 3.05) is 13.6 Å².